The minimum atomic E-state index is -0.617. The third kappa shape index (κ3) is 3.72. The van der Waals surface area contributed by atoms with Crippen molar-refractivity contribution >= 4 is 27.5 Å². The molecule has 100 valence electrons. The lowest BCUT2D eigenvalue weighted by Gasteiger charge is -2.15. The minimum Gasteiger partial charge on any atom is -0.496 e. The van der Waals surface area contributed by atoms with Gasteiger partial charge in [-0.3, -0.25) is 0 Å². The Kier molecular flexibility index (Phi) is 4.86. The van der Waals surface area contributed by atoms with Gasteiger partial charge in [-0.1, -0.05) is 45.7 Å². The Bertz CT molecular complexity index is 555. The van der Waals surface area contributed by atoms with Gasteiger partial charge in [-0.15, -0.1) is 0 Å². The Balaban J connectivity index is 2.19. The first-order valence-electron chi connectivity index (χ1n) is 5.86. The fourth-order valence-corrected chi connectivity index (χ4v) is 2.34. The van der Waals surface area contributed by atoms with E-state index in [0.717, 1.165) is 15.6 Å². The molecular weight excluding hydrogens is 328 g/mol. The van der Waals surface area contributed by atoms with Crippen molar-refractivity contribution in [1.29, 1.82) is 0 Å². The van der Waals surface area contributed by atoms with Gasteiger partial charge in [0, 0.05) is 21.5 Å². The first-order chi connectivity index (χ1) is 9.10. The van der Waals surface area contributed by atoms with Crippen LogP contribution in [0.5, 0.6) is 5.75 Å². The standard InChI is InChI=1S/C15H14BrClO2/c1-19-15-9-12(17)6-7-13(15)14(18)8-10-2-4-11(16)5-3-10/h2-7,9,14,18H,8H2,1H3. The van der Waals surface area contributed by atoms with Crippen molar-refractivity contribution in [1.82, 2.24) is 0 Å². The van der Waals surface area contributed by atoms with Crippen molar-refractivity contribution in [2.75, 3.05) is 7.11 Å². The van der Waals surface area contributed by atoms with Gasteiger partial charge in [0.2, 0.25) is 0 Å². The summed E-state index contributed by atoms with van der Waals surface area (Å²) in [6, 6.07) is 13.1. The van der Waals surface area contributed by atoms with E-state index in [4.69, 9.17) is 16.3 Å². The molecular formula is C15H14BrClO2. The summed E-state index contributed by atoms with van der Waals surface area (Å²) in [5, 5.41) is 10.9. The molecule has 0 fully saturated rings. The van der Waals surface area contributed by atoms with Gasteiger partial charge in [-0.05, 0) is 29.8 Å². The van der Waals surface area contributed by atoms with E-state index in [2.05, 4.69) is 15.9 Å². The van der Waals surface area contributed by atoms with Crippen molar-refractivity contribution < 1.29 is 9.84 Å². The smallest absolute Gasteiger partial charge is 0.126 e. The molecule has 0 heterocycles. The fourth-order valence-electron chi connectivity index (χ4n) is 1.91. The van der Waals surface area contributed by atoms with E-state index in [0.29, 0.717) is 17.2 Å². The van der Waals surface area contributed by atoms with Gasteiger partial charge < -0.3 is 9.84 Å². The second-order valence-electron chi connectivity index (χ2n) is 4.23. The Morgan fingerprint density at radius 1 is 1.21 bits per heavy atom. The number of aliphatic hydroxyl groups is 1. The molecule has 0 saturated carbocycles. The van der Waals surface area contributed by atoms with E-state index in [1.54, 1.807) is 25.3 Å². The van der Waals surface area contributed by atoms with Crippen molar-refractivity contribution in [2.45, 2.75) is 12.5 Å². The van der Waals surface area contributed by atoms with Crippen LogP contribution in [-0.2, 0) is 6.42 Å². The largest absolute Gasteiger partial charge is 0.496 e. The molecule has 0 aliphatic carbocycles. The first-order valence-corrected chi connectivity index (χ1v) is 7.03. The van der Waals surface area contributed by atoms with Crippen LogP contribution in [0.4, 0.5) is 0 Å². The van der Waals surface area contributed by atoms with E-state index >= 15 is 0 Å². The van der Waals surface area contributed by atoms with Crippen molar-refractivity contribution in [3.05, 3.63) is 63.1 Å². The monoisotopic (exact) mass is 340 g/mol. The zero-order chi connectivity index (χ0) is 13.8. The maximum absolute atomic E-state index is 10.3. The lowest BCUT2D eigenvalue weighted by atomic mass is 10.0. The highest BCUT2D eigenvalue weighted by Gasteiger charge is 2.14. The molecule has 4 heteroatoms. The number of aliphatic hydroxyl groups excluding tert-OH is 1. The predicted molar refractivity (Wildman–Crippen MR) is 80.8 cm³/mol. The zero-order valence-electron chi connectivity index (χ0n) is 10.4. The lowest BCUT2D eigenvalue weighted by Crippen LogP contribution is -2.04. The highest BCUT2D eigenvalue weighted by atomic mass is 79.9. The van der Waals surface area contributed by atoms with Crippen molar-refractivity contribution in [3.8, 4) is 5.75 Å². The number of halogens is 2. The summed E-state index contributed by atoms with van der Waals surface area (Å²) in [7, 11) is 1.57. The molecule has 2 aromatic rings. The Morgan fingerprint density at radius 2 is 1.89 bits per heavy atom. The average molecular weight is 342 g/mol. The quantitative estimate of drug-likeness (QED) is 0.894. The van der Waals surface area contributed by atoms with Crippen LogP contribution in [0.25, 0.3) is 0 Å². The third-order valence-corrected chi connectivity index (χ3v) is 3.66. The van der Waals surface area contributed by atoms with Crippen molar-refractivity contribution in [2.24, 2.45) is 0 Å². The second-order valence-corrected chi connectivity index (χ2v) is 5.58. The van der Waals surface area contributed by atoms with Gasteiger partial charge in [0.05, 0.1) is 13.2 Å². The molecule has 1 N–H and O–H groups in total. The van der Waals surface area contributed by atoms with Gasteiger partial charge in [0.15, 0.2) is 0 Å². The van der Waals surface area contributed by atoms with E-state index in [9.17, 15) is 5.11 Å². The third-order valence-electron chi connectivity index (χ3n) is 2.90. The van der Waals surface area contributed by atoms with Crippen molar-refractivity contribution in [3.63, 3.8) is 0 Å². The lowest BCUT2D eigenvalue weighted by molar-refractivity contribution is 0.174. The number of ether oxygens (including phenoxy) is 1. The summed E-state index contributed by atoms with van der Waals surface area (Å²) in [6.45, 7) is 0. The number of rotatable bonds is 4. The molecule has 2 aromatic carbocycles. The van der Waals surface area contributed by atoms with Crippen LogP contribution in [0.15, 0.2) is 46.9 Å². The Labute approximate surface area is 126 Å². The summed E-state index contributed by atoms with van der Waals surface area (Å²) >= 11 is 9.30. The molecule has 2 rings (SSSR count). The molecule has 0 bridgehead atoms. The molecule has 0 amide bonds. The number of hydrogen-bond acceptors (Lipinski definition) is 2. The maximum atomic E-state index is 10.3. The molecule has 0 saturated heterocycles. The molecule has 19 heavy (non-hydrogen) atoms. The molecule has 0 spiro atoms. The Hall–Kier alpha value is -1.03. The van der Waals surface area contributed by atoms with Crippen LogP contribution in [0.3, 0.4) is 0 Å². The summed E-state index contributed by atoms with van der Waals surface area (Å²) in [5.74, 6) is 0.608. The molecule has 2 nitrogen and oxygen atoms in total. The second kappa shape index (κ2) is 6.42. The molecule has 1 unspecified atom stereocenters. The number of hydrogen-bond donors (Lipinski definition) is 1. The van der Waals surface area contributed by atoms with Gasteiger partial charge in [0.1, 0.15) is 5.75 Å². The summed E-state index contributed by atoms with van der Waals surface area (Å²) < 4.78 is 6.28. The van der Waals surface area contributed by atoms with Crippen LogP contribution < -0.4 is 4.74 Å². The van der Waals surface area contributed by atoms with Gasteiger partial charge in [-0.25, -0.2) is 0 Å². The highest BCUT2D eigenvalue weighted by molar-refractivity contribution is 9.10. The van der Waals surface area contributed by atoms with Crippen LogP contribution in [0.2, 0.25) is 5.02 Å². The maximum Gasteiger partial charge on any atom is 0.126 e. The van der Waals surface area contributed by atoms with E-state index in [1.807, 2.05) is 24.3 Å². The zero-order valence-corrected chi connectivity index (χ0v) is 12.8. The molecule has 0 radical (unpaired) electrons. The minimum absolute atomic E-state index is 0.533. The van der Waals surface area contributed by atoms with Gasteiger partial charge in [-0.2, -0.15) is 0 Å². The molecule has 1 atom stereocenters. The molecule has 0 aliphatic rings. The normalized spacial score (nSPS) is 12.2. The molecule has 0 aromatic heterocycles. The van der Waals surface area contributed by atoms with Crippen LogP contribution in [0.1, 0.15) is 17.2 Å². The van der Waals surface area contributed by atoms with Gasteiger partial charge >= 0.3 is 0 Å². The SMILES string of the molecule is COc1cc(Cl)ccc1C(O)Cc1ccc(Br)cc1. The number of methoxy groups -OCH3 is 1. The summed E-state index contributed by atoms with van der Waals surface area (Å²) in [4.78, 5) is 0. The van der Waals surface area contributed by atoms with E-state index in [-0.39, 0.29) is 0 Å². The highest BCUT2D eigenvalue weighted by Crippen LogP contribution is 2.30. The topological polar surface area (TPSA) is 29.5 Å². The van der Waals surface area contributed by atoms with E-state index in [1.165, 1.54) is 0 Å². The van der Waals surface area contributed by atoms with Crippen LogP contribution >= 0.6 is 27.5 Å². The van der Waals surface area contributed by atoms with Crippen LogP contribution in [0, 0.1) is 0 Å². The predicted octanol–water partition coefficient (Wildman–Crippen LogP) is 4.39. The Morgan fingerprint density at radius 3 is 2.53 bits per heavy atom. The molecule has 0 aliphatic heterocycles. The first kappa shape index (κ1) is 14.4. The van der Waals surface area contributed by atoms with Gasteiger partial charge in [0.25, 0.3) is 0 Å². The summed E-state index contributed by atoms with van der Waals surface area (Å²) in [6.07, 6.45) is -0.0842. The fraction of sp³-hybridized carbons (Fsp3) is 0.200. The number of benzene rings is 2. The van der Waals surface area contributed by atoms with Crippen LogP contribution in [-0.4, -0.2) is 12.2 Å². The van der Waals surface area contributed by atoms with E-state index < -0.39 is 6.10 Å². The average Bonchev–Trinajstić information content (AvgIpc) is 2.41. The summed E-state index contributed by atoms with van der Waals surface area (Å²) in [5.41, 5.74) is 1.81.